The van der Waals surface area contributed by atoms with Gasteiger partial charge in [-0.2, -0.15) is 0 Å². The number of aryl methyl sites for hydroxylation is 1. The number of rotatable bonds is 2. The van der Waals surface area contributed by atoms with Gasteiger partial charge >= 0.3 is 0 Å². The molecule has 0 spiro atoms. The molecule has 14 heavy (non-hydrogen) atoms. The van der Waals surface area contributed by atoms with Crippen LogP contribution in [0, 0.1) is 6.92 Å². The summed E-state index contributed by atoms with van der Waals surface area (Å²) in [7, 11) is 0. The predicted molar refractivity (Wildman–Crippen MR) is 56.2 cm³/mol. The first-order valence-corrected chi connectivity index (χ1v) is 4.86. The van der Waals surface area contributed by atoms with Crippen LogP contribution in [0.15, 0.2) is 36.2 Å². The van der Waals surface area contributed by atoms with Crippen LogP contribution >= 0.6 is 0 Å². The fourth-order valence-electron chi connectivity index (χ4n) is 1.36. The first-order valence-electron chi connectivity index (χ1n) is 4.86. The van der Waals surface area contributed by atoms with Gasteiger partial charge in [0, 0.05) is 12.8 Å². The van der Waals surface area contributed by atoms with E-state index in [4.69, 9.17) is 4.74 Å². The molecule has 2 rings (SSSR count). The smallest absolute Gasteiger partial charge is 0.205 e. The minimum atomic E-state index is 0.908. The molecule has 0 saturated carbocycles. The maximum absolute atomic E-state index is 5.69. The normalized spacial score (nSPS) is 15.1. The monoisotopic (exact) mass is 188 g/mol. The minimum Gasteiger partial charge on any atom is -0.455 e. The zero-order chi connectivity index (χ0) is 9.80. The van der Waals surface area contributed by atoms with E-state index in [0.29, 0.717) is 0 Å². The lowest BCUT2D eigenvalue weighted by Crippen LogP contribution is -2.63. The van der Waals surface area contributed by atoms with Gasteiger partial charge in [-0.3, -0.25) is 0 Å². The molecule has 0 fully saturated rings. The molecule has 0 aliphatic carbocycles. The van der Waals surface area contributed by atoms with Gasteiger partial charge in [0.1, 0.15) is 12.0 Å². The number of allylic oxidation sites excluding steroid dienone is 1. The van der Waals surface area contributed by atoms with Crippen LogP contribution in [0.2, 0.25) is 0 Å². The Morgan fingerprint density at radius 1 is 1.21 bits per heavy atom. The van der Waals surface area contributed by atoms with Crippen LogP contribution in [0.1, 0.15) is 18.4 Å². The van der Waals surface area contributed by atoms with E-state index in [2.05, 4.69) is 24.0 Å². The van der Waals surface area contributed by atoms with Gasteiger partial charge < -0.3 is 4.74 Å². The number of benzene rings is 1. The van der Waals surface area contributed by atoms with Crippen molar-refractivity contribution in [2.45, 2.75) is 19.8 Å². The summed E-state index contributed by atoms with van der Waals surface area (Å²) in [6, 6.07) is 8.10. The van der Waals surface area contributed by atoms with Gasteiger partial charge in [0.25, 0.3) is 0 Å². The van der Waals surface area contributed by atoms with Crippen molar-refractivity contribution >= 4 is 6.21 Å². The Labute approximate surface area is 83.9 Å². The molecule has 0 aromatic heterocycles. The standard InChI is InChI=1S/C12H13NO/c1-10-4-6-11(7-5-10)14-12-3-2-8-13-9-12/h4-9H,2-3H2,1H3/p+1. The van der Waals surface area contributed by atoms with Gasteiger partial charge in [0.15, 0.2) is 5.76 Å². The van der Waals surface area contributed by atoms with Gasteiger partial charge in [0.2, 0.25) is 6.20 Å². The zero-order valence-electron chi connectivity index (χ0n) is 8.29. The molecule has 1 aliphatic rings. The van der Waals surface area contributed by atoms with Crippen molar-refractivity contribution in [3.8, 4) is 5.75 Å². The molecule has 2 nitrogen and oxygen atoms in total. The number of nitrogens with one attached hydrogen (secondary N) is 1. The van der Waals surface area contributed by atoms with E-state index >= 15 is 0 Å². The van der Waals surface area contributed by atoms with Crippen molar-refractivity contribution in [1.82, 2.24) is 0 Å². The summed E-state index contributed by atoms with van der Waals surface area (Å²) in [5.41, 5.74) is 1.25. The topological polar surface area (TPSA) is 23.2 Å². The van der Waals surface area contributed by atoms with E-state index < -0.39 is 0 Å². The Morgan fingerprint density at radius 3 is 2.64 bits per heavy atom. The van der Waals surface area contributed by atoms with Crippen LogP contribution < -0.4 is 9.73 Å². The highest BCUT2D eigenvalue weighted by Gasteiger charge is 2.06. The van der Waals surface area contributed by atoms with E-state index in [1.165, 1.54) is 5.56 Å². The van der Waals surface area contributed by atoms with Gasteiger partial charge in [0.05, 0.1) is 0 Å². The summed E-state index contributed by atoms with van der Waals surface area (Å²) in [5.74, 6) is 1.90. The molecule has 0 amide bonds. The Balaban J connectivity index is 2.07. The zero-order valence-corrected chi connectivity index (χ0v) is 8.29. The second kappa shape index (κ2) is 4.09. The molecule has 0 saturated heterocycles. The fourth-order valence-corrected chi connectivity index (χ4v) is 1.36. The van der Waals surface area contributed by atoms with Crippen molar-refractivity contribution in [3.63, 3.8) is 0 Å². The quantitative estimate of drug-likeness (QED) is 0.739. The number of ether oxygens (including phenoxy) is 1. The van der Waals surface area contributed by atoms with Crippen LogP contribution in [-0.4, -0.2) is 6.21 Å². The van der Waals surface area contributed by atoms with Crippen LogP contribution in [0.25, 0.3) is 0 Å². The van der Waals surface area contributed by atoms with Gasteiger partial charge in [-0.1, -0.05) is 17.7 Å². The molecule has 1 heterocycles. The second-order valence-corrected chi connectivity index (χ2v) is 3.44. The van der Waals surface area contributed by atoms with Crippen molar-refractivity contribution in [2.75, 3.05) is 0 Å². The molecule has 0 unspecified atom stereocenters. The summed E-state index contributed by atoms with van der Waals surface area (Å²) < 4.78 is 5.69. The molecule has 1 N–H and O–H groups in total. The largest absolute Gasteiger partial charge is 0.455 e. The SMILES string of the molecule is Cc1ccc(OC2=C[NH+]=CCC2)cc1. The van der Waals surface area contributed by atoms with Crippen LogP contribution in [-0.2, 0) is 0 Å². The van der Waals surface area contributed by atoms with E-state index in [9.17, 15) is 0 Å². The summed E-state index contributed by atoms with van der Waals surface area (Å²) in [5, 5.41) is 0. The van der Waals surface area contributed by atoms with Crippen LogP contribution in [0.4, 0.5) is 0 Å². The van der Waals surface area contributed by atoms with Gasteiger partial charge in [-0.05, 0) is 19.1 Å². The van der Waals surface area contributed by atoms with E-state index in [0.717, 1.165) is 24.4 Å². The molecule has 2 heteroatoms. The van der Waals surface area contributed by atoms with E-state index in [-0.39, 0.29) is 0 Å². The maximum Gasteiger partial charge on any atom is 0.205 e. The molecule has 1 aromatic rings. The van der Waals surface area contributed by atoms with Crippen LogP contribution in [0.3, 0.4) is 0 Å². The molecular weight excluding hydrogens is 174 g/mol. The lowest BCUT2D eigenvalue weighted by Gasteiger charge is -2.07. The number of hydrogen-bond donors (Lipinski definition) is 1. The van der Waals surface area contributed by atoms with Gasteiger partial charge in [-0.15, -0.1) is 0 Å². The lowest BCUT2D eigenvalue weighted by atomic mass is 10.2. The molecular formula is C12H14NO+. The first-order chi connectivity index (χ1) is 6.84. The van der Waals surface area contributed by atoms with Crippen molar-refractivity contribution in [2.24, 2.45) is 0 Å². The lowest BCUT2D eigenvalue weighted by molar-refractivity contribution is -0.373. The third kappa shape index (κ3) is 2.22. The summed E-state index contributed by atoms with van der Waals surface area (Å²) >= 11 is 0. The molecule has 0 radical (unpaired) electrons. The fraction of sp³-hybridized carbons (Fsp3) is 0.250. The Kier molecular flexibility index (Phi) is 2.63. The molecule has 1 aromatic carbocycles. The van der Waals surface area contributed by atoms with Crippen LogP contribution in [0.5, 0.6) is 5.75 Å². The highest BCUT2D eigenvalue weighted by atomic mass is 16.5. The number of hydrogen-bond acceptors (Lipinski definition) is 1. The minimum absolute atomic E-state index is 0.908. The molecule has 72 valence electrons. The highest BCUT2D eigenvalue weighted by Crippen LogP contribution is 2.16. The van der Waals surface area contributed by atoms with Crippen molar-refractivity contribution in [3.05, 3.63) is 41.8 Å². The van der Waals surface area contributed by atoms with Crippen molar-refractivity contribution in [1.29, 1.82) is 0 Å². The third-order valence-corrected chi connectivity index (χ3v) is 2.17. The Morgan fingerprint density at radius 2 is 2.00 bits per heavy atom. The molecule has 0 atom stereocenters. The summed E-state index contributed by atoms with van der Waals surface area (Å²) in [6.07, 6.45) is 5.93. The molecule has 0 bridgehead atoms. The predicted octanol–water partition coefficient (Wildman–Crippen LogP) is 1.16. The summed E-state index contributed by atoms with van der Waals surface area (Å²) in [6.45, 7) is 2.07. The van der Waals surface area contributed by atoms with E-state index in [1.54, 1.807) is 0 Å². The average Bonchev–Trinajstić information content (AvgIpc) is 2.23. The van der Waals surface area contributed by atoms with Gasteiger partial charge in [-0.25, -0.2) is 4.99 Å². The summed E-state index contributed by atoms with van der Waals surface area (Å²) in [4.78, 5) is 3.05. The second-order valence-electron chi connectivity index (χ2n) is 3.44. The van der Waals surface area contributed by atoms with E-state index in [1.807, 2.05) is 24.5 Å². The highest BCUT2D eigenvalue weighted by molar-refractivity contribution is 5.51. The molecule has 1 aliphatic heterocycles. The third-order valence-electron chi connectivity index (χ3n) is 2.17. The Bertz CT molecular complexity index is 362. The average molecular weight is 188 g/mol. The maximum atomic E-state index is 5.69. The van der Waals surface area contributed by atoms with Crippen molar-refractivity contribution < 1.29 is 9.73 Å². The first kappa shape index (κ1) is 9.00. The Hall–Kier alpha value is -1.57.